The third kappa shape index (κ3) is 22.1. The lowest BCUT2D eigenvalue weighted by Gasteiger charge is -2.27. The predicted molar refractivity (Wildman–Crippen MR) is 359 cm³/mol. The van der Waals surface area contributed by atoms with Crippen LogP contribution in [0.2, 0.25) is 13.0 Å². The van der Waals surface area contributed by atoms with Gasteiger partial charge >= 0.3 is 6.09 Å². The Morgan fingerprint density at radius 3 is 1.35 bits per heavy atom. The first-order chi connectivity index (χ1) is 41.5. The molecule has 11 rings (SSSR count). The molecule has 0 aliphatic carbocycles. The third-order valence-corrected chi connectivity index (χ3v) is 17.4. The minimum absolute atomic E-state index is 0. The summed E-state index contributed by atoms with van der Waals surface area (Å²) in [5.41, 5.74) is 10.6. The van der Waals surface area contributed by atoms with Gasteiger partial charge in [-0.25, -0.2) is 4.79 Å². The molecule has 462 valence electrons. The zero-order valence-electron chi connectivity index (χ0n) is 47.6. The Morgan fingerprint density at radius 2 is 0.965 bits per heavy atom. The van der Waals surface area contributed by atoms with Crippen molar-refractivity contribution in [2.45, 2.75) is 69.7 Å². The smallest absolute Gasteiger partial charge is 0.414 e. The van der Waals surface area contributed by atoms with Gasteiger partial charge in [-0.2, -0.15) is 0 Å². The molecule has 3 aromatic carbocycles. The van der Waals surface area contributed by atoms with Gasteiger partial charge in [0.15, 0.2) is 17.3 Å². The number of nitrogen functional groups attached to an aromatic ring is 1. The largest absolute Gasteiger partial charge is 0.444 e. The van der Waals surface area contributed by atoms with Crippen LogP contribution in [0.1, 0.15) is 80.9 Å². The number of aliphatic hydroxyl groups is 1. The second kappa shape index (κ2) is 36.1. The van der Waals surface area contributed by atoms with Crippen molar-refractivity contribution in [3.8, 4) is 0 Å². The maximum atomic E-state index is 12.3. The number of ether oxygens (including phenoxy) is 5. The summed E-state index contributed by atoms with van der Waals surface area (Å²) in [6.45, 7) is 4.92. The van der Waals surface area contributed by atoms with Crippen molar-refractivity contribution in [1.29, 1.82) is 0 Å². The van der Waals surface area contributed by atoms with Crippen LogP contribution in [0.25, 0.3) is 0 Å². The Bertz CT molecular complexity index is 3210. The number of cyclic esters (lactones) is 1. The van der Waals surface area contributed by atoms with E-state index in [-0.39, 0.29) is 85.0 Å². The molecule has 5 aliphatic rings. The number of thiophene rings is 3. The van der Waals surface area contributed by atoms with E-state index in [2.05, 4.69) is 0 Å². The van der Waals surface area contributed by atoms with Crippen molar-refractivity contribution < 1.29 is 63.7 Å². The van der Waals surface area contributed by atoms with Crippen molar-refractivity contribution in [2.24, 2.45) is 0 Å². The third-order valence-electron chi connectivity index (χ3n) is 13.6. The number of nitrogens with two attached hydrogens (primary N) is 1. The minimum Gasteiger partial charge on any atom is -0.444 e. The number of aliphatic hydroxyl groups excluding tert-OH is 1. The number of halogens is 5. The minimum atomic E-state index is -0.523. The number of hydrogen-bond donors (Lipinski definition) is 2. The van der Waals surface area contributed by atoms with Crippen molar-refractivity contribution >= 4 is 185 Å². The van der Waals surface area contributed by atoms with Crippen LogP contribution in [0.5, 0.6) is 0 Å². The molecular weight excluding hydrogens is 1460 g/mol. The molecule has 4 amide bonds. The molecule has 0 spiro atoms. The average molecular weight is 1520 g/mol. The number of amides is 4. The van der Waals surface area contributed by atoms with Crippen LogP contribution >= 0.6 is 115 Å². The SMILES string of the molecule is I.Nc1ccc(N2CCOCC2=O)cc1.O=C(CC[C@H](O)CCc1ccc(N2CCOCC2=O)cc1)c1ccc(Cl)s1.O=C(CC[C@H]1CN(c2ccc(N3CCOCC3=O)cc2)C(=O)O1)c1ccc(Cl)s1.O=C(CC[C@H]1CO1)c1ccc(Cl)s1.[2H]CI. The van der Waals surface area contributed by atoms with E-state index in [4.69, 9.17) is 65.6 Å². The summed E-state index contributed by atoms with van der Waals surface area (Å²) in [5.74, 6) is 0.0808. The molecule has 3 aromatic heterocycles. The van der Waals surface area contributed by atoms with E-state index in [0.717, 1.165) is 47.0 Å². The fourth-order valence-electron chi connectivity index (χ4n) is 8.92. The Labute approximate surface area is 558 Å². The molecule has 8 heterocycles. The number of rotatable bonds is 19. The highest BCUT2D eigenvalue weighted by atomic mass is 127. The number of morpholine rings is 3. The lowest BCUT2D eigenvalue weighted by molar-refractivity contribution is -0.126. The van der Waals surface area contributed by atoms with Gasteiger partial charge in [-0.05, 0) is 140 Å². The number of hydrogen-bond acceptors (Lipinski definition) is 17. The van der Waals surface area contributed by atoms with E-state index < -0.39 is 12.2 Å². The van der Waals surface area contributed by atoms with E-state index in [1.165, 1.54) is 34.0 Å². The van der Waals surface area contributed by atoms with E-state index in [0.29, 0.717) is 130 Å². The predicted octanol–water partition coefficient (Wildman–Crippen LogP) is 12.5. The summed E-state index contributed by atoms with van der Waals surface area (Å²) in [5, 5.41) is 10.2. The number of epoxide rings is 1. The van der Waals surface area contributed by atoms with Crippen molar-refractivity contribution in [2.75, 3.05) is 103 Å². The normalized spacial score (nSPS) is 17.6. The molecule has 3 atom stereocenters. The second-order valence-electron chi connectivity index (χ2n) is 19.5. The van der Waals surface area contributed by atoms with Gasteiger partial charge in [0.1, 0.15) is 25.9 Å². The first-order valence-electron chi connectivity index (χ1n) is 27.9. The summed E-state index contributed by atoms with van der Waals surface area (Å²) < 4.78 is 33.8. The molecule has 86 heavy (non-hydrogen) atoms. The van der Waals surface area contributed by atoms with Crippen LogP contribution in [0.15, 0.2) is 109 Å². The van der Waals surface area contributed by atoms with E-state index in [1.54, 1.807) is 80.3 Å². The zero-order valence-corrected chi connectivity index (χ0v) is 55.8. The fourth-order valence-corrected chi connectivity index (χ4v) is 12.0. The van der Waals surface area contributed by atoms with Gasteiger partial charge in [0.05, 0.1) is 72.8 Å². The molecule has 18 nitrogen and oxygen atoms in total. The molecule has 0 bridgehead atoms. The Hall–Kier alpha value is -4.62. The summed E-state index contributed by atoms with van der Waals surface area (Å²) in [6.07, 6.45) is 3.26. The van der Waals surface area contributed by atoms with E-state index in [9.17, 15) is 38.7 Å². The van der Waals surface area contributed by atoms with Crippen molar-refractivity contribution in [3.05, 3.63) is 142 Å². The van der Waals surface area contributed by atoms with Gasteiger partial charge in [-0.1, -0.05) is 69.5 Å². The highest BCUT2D eigenvalue weighted by molar-refractivity contribution is 14.1. The van der Waals surface area contributed by atoms with Gasteiger partial charge in [-0.3, -0.25) is 33.7 Å². The average Bonchev–Trinajstić information content (AvgIpc) is 4.07. The van der Waals surface area contributed by atoms with Gasteiger partial charge in [0, 0.05) is 68.7 Å². The number of nitrogens with zero attached hydrogens (tertiary/aromatic N) is 4. The van der Waals surface area contributed by atoms with Gasteiger partial charge < -0.3 is 49.2 Å². The van der Waals surface area contributed by atoms with E-state index in [1.807, 2.05) is 71.1 Å². The van der Waals surface area contributed by atoms with Crippen LogP contribution in [-0.2, 0) is 44.5 Å². The van der Waals surface area contributed by atoms with Crippen LogP contribution in [0.3, 0.4) is 0 Å². The lowest BCUT2D eigenvalue weighted by Crippen LogP contribution is -2.41. The summed E-state index contributed by atoms with van der Waals surface area (Å²) in [6, 6.07) is 32.7. The zero-order chi connectivity index (χ0) is 61.5. The first kappa shape index (κ1) is 68.9. The van der Waals surface area contributed by atoms with Gasteiger partial charge in [0.2, 0.25) is 0 Å². The quantitative estimate of drug-likeness (QED) is 0.0253. The van der Waals surface area contributed by atoms with Crippen LogP contribution in [0.4, 0.5) is 33.2 Å². The molecule has 0 saturated carbocycles. The van der Waals surface area contributed by atoms with Gasteiger partial charge in [-0.15, -0.1) is 58.0 Å². The molecule has 0 radical (unpaired) electrons. The molecule has 5 aliphatic heterocycles. The highest BCUT2D eigenvalue weighted by Crippen LogP contribution is 2.30. The molecule has 5 saturated heterocycles. The van der Waals surface area contributed by atoms with Crippen LogP contribution < -0.4 is 25.3 Å². The number of aryl methyl sites for hydroxylation is 1. The molecule has 0 unspecified atom stereocenters. The maximum Gasteiger partial charge on any atom is 0.414 e. The van der Waals surface area contributed by atoms with Crippen LogP contribution in [0, 0.1) is 0 Å². The number of benzene rings is 3. The fraction of sp³-hybridized carbons (Fsp3) is 0.383. The van der Waals surface area contributed by atoms with E-state index >= 15 is 0 Å². The first-order valence-corrected chi connectivity index (χ1v) is 32.3. The molecule has 5 fully saturated rings. The van der Waals surface area contributed by atoms with Crippen molar-refractivity contribution in [1.82, 2.24) is 0 Å². The number of carbonyl (C=O) groups excluding carboxylic acids is 7. The highest BCUT2D eigenvalue weighted by Gasteiger charge is 2.33. The van der Waals surface area contributed by atoms with Crippen LogP contribution in [-0.4, -0.2) is 142 Å². The molecule has 26 heteroatoms. The topological polar surface area (TPSA) is 228 Å². The Balaban J connectivity index is 0.000000191. The second-order valence-corrected chi connectivity index (χ2v) is 24.7. The number of anilines is 5. The molecule has 3 N–H and O–H groups in total. The van der Waals surface area contributed by atoms with Crippen molar-refractivity contribution in [3.63, 3.8) is 0 Å². The summed E-state index contributed by atoms with van der Waals surface area (Å²) in [4.78, 5) is 92.4. The van der Waals surface area contributed by atoms with Gasteiger partial charge in [0.25, 0.3) is 17.7 Å². The lowest BCUT2D eigenvalue weighted by atomic mass is 10.0. The number of Topliss-reactive ketones (excluding diaryl/α,β-unsaturated/α-hetero) is 3. The summed E-state index contributed by atoms with van der Waals surface area (Å²) in [7, 11) is 0. The number of ketones is 3. The summed E-state index contributed by atoms with van der Waals surface area (Å²) >= 11 is 23.3. The Morgan fingerprint density at radius 1 is 0.593 bits per heavy atom. The molecule has 6 aromatic rings. The number of carbonyl (C=O) groups is 7. The Kier molecular flexibility index (Phi) is 28.9. The standard InChI is InChI=1S/C20H19ClN2O5S.C20H22ClNO4S.C10H12N2O2.C9H9ClO2S.CH3I.HI/c21-18-8-7-17(29-18)16(24)6-5-15-11-23(20(26)28-15)14-3-1-13(2-4-14)22-9-10-27-12-19(22)25;21-19-10-9-18(27-19)17(24)8-7-16(23)6-3-14-1-4-15(5-2-14)22-11-12-26-13-20(22)25;11-8-1-3-9(4-2-8)12-5-6-14-7-10(12)13;10-9-4-3-8(13-9)7(11)2-1-6-5-12-6;1-2;/h1-4,7-8,15H,5-6,9-12H2;1-2,4-5,9-10,16,23H,3,6-8,11-13H2;1-4H,5-7,11H2;3-4,6H,1-2,5H2;1H3;1H/t15-;16-;;6-;;/m01.0../s1/i;;;;1D;. The maximum absolute atomic E-state index is 12.3. The monoisotopic (exact) mass is 1520 g/mol. The number of alkyl halides is 1. The molecular formula is C60H66Cl3I2N5O13S3.